The molecule has 0 spiro atoms. The Morgan fingerprint density at radius 1 is 1.29 bits per heavy atom. The average molecular weight is 293 g/mol. The monoisotopic (exact) mass is 293 g/mol. The Bertz CT molecular complexity index is 430. The molecule has 1 atom stereocenters. The summed E-state index contributed by atoms with van der Waals surface area (Å²) in [6.45, 7) is 3.54. The van der Waals surface area contributed by atoms with Crippen LogP contribution in [0.2, 0.25) is 0 Å². The molecule has 1 aliphatic rings. The number of phenols is 1. The Labute approximate surface area is 127 Å². The third kappa shape index (κ3) is 4.90. The molecule has 118 valence electrons. The minimum absolute atomic E-state index is 0.0649. The predicted octanol–water partition coefficient (Wildman–Crippen LogP) is 3.40. The third-order valence-corrected chi connectivity index (χ3v) is 4.16. The van der Waals surface area contributed by atoms with Crippen LogP contribution in [0.5, 0.6) is 11.5 Å². The number of phenolic OH excluding ortho intramolecular Hbond substituents is 1. The van der Waals surface area contributed by atoms with E-state index in [-0.39, 0.29) is 6.04 Å². The van der Waals surface area contributed by atoms with Gasteiger partial charge in [0, 0.05) is 18.2 Å². The van der Waals surface area contributed by atoms with Gasteiger partial charge in [-0.2, -0.15) is 0 Å². The third-order valence-electron chi connectivity index (χ3n) is 4.16. The zero-order valence-corrected chi connectivity index (χ0v) is 13.1. The molecule has 1 aliphatic carbocycles. The number of nitrogens with one attached hydrogen (secondary N) is 1. The van der Waals surface area contributed by atoms with Crippen LogP contribution in [0.1, 0.15) is 50.6 Å². The number of methoxy groups -OCH3 is 1. The van der Waals surface area contributed by atoms with Crippen LogP contribution >= 0.6 is 0 Å². The largest absolute Gasteiger partial charge is 0.508 e. The van der Waals surface area contributed by atoms with Crippen LogP contribution in [0.4, 0.5) is 0 Å². The summed E-state index contributed by atoms with van der Waals surface area (Å²) in [5, 5.41) is 13.3. The molecule has 4 nitrogen and oxygen atoms in total. The van der Waals surface area contributed by atoms with Crippen molar-refractivity contribution in [2.45, 2.75) is 51.2 Å². The smallest absolute Gasteiger partial charge is 0.120 e. The van der Waals surface area contributed by atoms with E-state index in [1.807, 2.05) is 13.0 Å². The zero-order valence-electron chi connectivity index (χ0n) is 13.1. The van der Waals surface area contributed by atoms with Gasteiger partial charge in [-0.25, -0.2) is 0 Å². The fourth-order valence-corrected chi connectivity index (χ4v) is 2.85. The van der Waals surface area contributed by atoms with Crippen LogP contribution in [-0.4, -0.2) is 31.5 Å². The van der Waals surface area contributed by atoms with Gasteiger partial charge in [0.05, 0.1) is 19.8 Å². The van der Waals surface area contributed by atoms with Crippen LogP contribution < -0.4 is 10.1 Å². The molecule has 2 rings (SSSR count). The van der Waals surface area contributed by atoms with Crippen molar-refractivity contribution in [1.29, 1.82) is 0 Å². The Kier molecular flexibility index (Phi) is 6.33. The Balaban J connectivity index is 1.74. The van der Waals surface area contributed by atoms with E-state index in [1.165, 1.54) is 32.1 Å². The van der Waals surface area contributed by atoms with E-state index in [0.29, 0.717) is 11.9 Å². The summed E-state index contributed by atoms with van der Waals surface area (Å²) in [4.78, 5) is 0. The molecule has 0 radical (unpaired) electrons. The summed E-state index contributed by atoms with van der Waals surface area (Å²) >= 11 is 0. The molecule has 0 heterocycles. The van der Waals surface area contributed by atoms with Crippen molar-refractivity contribution in [2.24, 2.45) is 0 Å². The maximum absolute atomic E-state index is 9.93. The summed E-state index contributed by atoms with van der Waals surface area (Å²) in [7, 11) is 1.63. The second-order valence-electron chi connectivity index (χ2n) is 5.73. The maximum Gasteiger partial charge on any atom is 0.120 e. The van der Waals surface area contributed by atoms with Gasteiger partial charge in [0.15, 0.2) is 0 Å². The first kappa shape index (κ1) is 16.1. The maximum atomic E-state index is 9.93. The van der Waals surface area contributed by atoms with Crippen LogP contribution in [0.3, 0.4) is 0 Å². The SMILES string of the molecule is COc1ccc(O)c(C(C)NCCOC2CCCCC2)c1. The van der Waals surface area contributed by atoms with Gasteiger partial charge in [0.2, 0.25) is 0 Å². The van der Waals surface area contributed by atoms with E-state index in [2.05, 4.69) is 5.32 Å². The highest BCUT2D eigenvalue weighted by Gasteiger charge is 2.14. The van der Waals surface area contributed by atoms with Crippen molar-refractivity contribution < 1.29 is 14.6 Å². The van der Waals surface area contributed by atoms with Gasteiger partial charge in [-0.05, 0) is 38.0 Å². The zero-order chi connectivity index (χ0) is 15.1. The Morgan fingerprint density at radius 3 is 2.76 bits per heavy atom. The fourth-order valence-electron chi connectivity index (χ4n) is 2.85. The highest BCUT2D eigenvalue weighted by molar-refractivity contribution is 5.41. The molecule has 1 aromatic carbocycles. The summed E-state index contributed by atoms with van der Waals surface area (Å²) in [6.07, 6.45) is 6.79. The number of rotatable bonds is 7. The highest BCUT2D eigenvalue weighted by atomic mass is 16.5. The van der Waals surface area contributed by atoms with Crippen LogP contribution in [0.15, 0.2) is 18.2 Å². The van der Waals surface area contributed by atoms with Gasteiger partial charge in [-0.15, -0.1) is 0 Å². The highest BCUT2D eigenvalue weighted by Crippen LogP contribution is 2.28. The second kappa shape index (κ2) is 8.25. The first-order valence-corrected chi connectivity index (χ1v) is 7.92. The molecule has 2 N–H and O–H groups in total. The first-order chi connectivity index (χ1) is 10.2. The Hall–Kier alpha value is -1.26. The molecule has 0 saturated heterocycles. The number of aromatic hydroxyl groups is 1. The molecule has 1 unspecified atom stereocenters. The quantitative estimate of drug-likeness (QED) is 0.757. The minimum atomic E-state index is 0.0649. The topological polar surface area (TPSA) is 50.7 Å². The summed E-state index contributed by atoms with van der Waals surface area (Å²) in [5.74, 6) is 1.05. The lowest BCUT2D eigenvalue weighted by molar-refractivity contribution is 0.0295. The minimum Gasteiger partial charge on any atom is -0.508 e. The van der Waals surface area contributed by atoms with E-state index in [0.717, 1.165) is 24.5 Å². The van der Waals surface area contributed by atoms with Crippen molar-refractivity contribution >= 4 is 0 Å². The average Bonchev–Trinajstić information content (AvgIpc) is 2.53. The lowest BCUT2D eigenvalue weighted by atomic mass is 9.98. The van der Waals surface area contributed by atoms with Crippen LogP contribution in [0.25, 0.3) is 0 Å². The molecule has 1 aromatic rings. The van der Waals surface area contributed by atoms with E-state index in [4.69, 9.17) is 9.47 Å². The summed E-state index contributed by atoms with van der Waals surface area (Å²) < 4.78 is 11.1. The van der Waals surface area contributed by atoms with Crippen molar-refractivity contribution in [3.8, 4) is 11.5 Å². The lowest BCUT2D eigenvalue weighted by Crippen LogP contribution is -2.26. The van der Waals surface area contributed by atoms with Gasteiger partial charge in [0.1, 0.15) is 11.5 Å². The van der Waals surface area contributed by atoms with Crippen molar-refractivity contribution in [2.75, 3.05) is 20.3 Å². The molecule has 1 saturated carbocycles. The normalized spacial score (nSPS) is 17.6. The predicted molar refractivity (Wildman–Crippen MR) is 83.9 cm³/mol. The van der Waals surface area contributed by atoms with E-state index < -0.39 is 0 Å². The molecule has 0 aliphatic heterocycles. The van der Waals surface area contributed by atoms with Gasteiger partial charge in [-0.1, -0.05) is 19.3 Å². The van der Waals surface area contributed by atoms with Gasteiger partial charge in [-0.3, -0.25) is 0 Å². The van der Waals surface area contributed by atoms with Gasteiger partial charge in [0.25, 0.3) is 0 Å². The number of ether oxygens (including phenoxy) is 2. The molecule has 21 heavy (non-hydrogen) atoms. The number of hydrogen-bond acceptors (Lipinski definition) is 4. The molecule has 4 heteroatoms. The summed E-state index contributed by atoms with van der Waals surface area (Å²) in [5.41, 5.74) is 0.854. The second-order valence-corrected chi connectivity index (χ2v) is 5.73. The molecule has 1 fully saturated rings. The molecular weight excluding hydrogens is 266 g/mol. The van der Waals surface area contributed by atoms with Crippen molar-refractivity contribution in [3.05, 3.63) is 23.8 Å². The summed E-state index contributed by atoms with van der Waals surface area (Å²) in [6, 6.07) is 5.37. The Morgan fingerprint density at radius 2 is 2.05 bits per heavy atom. The lowest BCUT2D eigenvalue weighted by Gasteiger charge is -2.23. The van der Waals surface area contributed by atoms with Crippen molar-refractivity contribution in [3.63, 3.8) is 0 Å². The number of hydrogen-bond donors (Lipinski definition) is 2. The standard InChI is InChI=1S/C17H27NO3/c1-13(16-12-15(20-2)8-9-17(16)19)18-10-11-21-14-6-4-3-5-7-14/h8-9,12-14,18-19H,3-7,10-11H2,1-2H3. The fraction of sp³-hybridized carbons (Fsp3) is 0.647. The van der Waals surface area contributed by atoms with Crippen LogP contribution in [0, 0.1) is 0 Å². The molecule has 0 amide bonds. The van der Waals surface area contributed by atoms with Gasteiger partial charge < -0.3 is 19.9 Å². The van der Waals surface area contributed by atoms with E-state index >= 15 is 0 Å². The molecular formula is C17H27NO3. The molecule has 0 bridgehead atoms. The first-order valence-electron chi connectivity index (χ1n) is 7.92. The van der Waals surface area contributed by atoms with E-state index in [9.17, 15) is 5.11 Å². The van der Waals surface area contributed by atoms with Crippen LogP contribution in [-0.2, 0) is 4.74 Å². The molecule has 0 aromatic heterocycles. The number of benzene rings is 1. The van der Waals surface area contributed by atoms with E-state index in [1.54, 1.807) is 19.2 Å². The van der Waals surface area contributed by atoms with Crippen molar-refractivity contribution in [1.82, 2.24) is 5.32 Å². The van der Waals surface area contributed by atoms with Gasteiger partial charge >= 0.3 is 0 Å².